The molecule has 2 rings (SSSR count). The summed E-state index contributed by atoms with van der Waals surface area (Å²) in [4.78, 5) is 16.4. The number of esters is 1. The van der Waals surface area contributed by atoms with Gasteiger partial charge in [0.2, 0.25) is 0 Å². The Labute approximate surface area is 107 Å². The van der Waals surface area contributed by atoms with E-state index >= 15 is 0 Å². The average Bonchev–Trinajstić information content (AvgIpc) is 2.84. The van der Waals surface area contributed by atoms with Crippen molar-refractivity contribution < 1.29 is 9.53 Å². The first-order valence-electron chi connectivity index (χ1n) is 4.76. The zero-order chi connectivity index (χ0) is 12.3. The minimum atomic E-state index is -0.427. The maximum absolute atomic E-state index is 11.5. The smallest absolute Gasteiger partial charge is 0.339 e. The van der Waals surface area contributed by atoms with Crippen molar-refractivity contribution in [3.05, 3.63) is 35.3 Å². The third-order valence-corrected chi connectivity index (χ3v) is 4.04. The highest BCUT2D eigenvalue weighted by atomic mass is 32.2. The number of para-hydroxylation sites is 1. The van der Waals surface area contributed by atoms with Gasteiger partial charge in [0.25, 0.3) is 0 Å². The van der Waals surface area contributed by atoms with Crippen LogP contribution in [0.15, 0.2) is 39.0 Å². The second kappa shape index (κ2) is 5.20. The van der Waals surface area contributed by atoms with Gasteiger partial charge in [-0.25, -0.2) is 9.78 Å². The van der Waals surface area contributed by atoms with E-state index in [-0.39, 0.29) is 0 Å². The molecule has 0 aliphatic carbocycles. The van der Waals surface area contributed by atoms with Gasteiger partial charge in [-0.05, 0) is 12.1 Å². The number of anilines is 1. The van der Waals surface area contributed by atoms with E-state index in [1.165, 1.54) is 30.2 Å². The Balaban J connectivity index is 2.32. The van der Waals surface area contributed by atoms with Gasteiger partial charge >= 0.3 is 5.97 Å². The van der Waals surface area contributed by atoms with Crippen LogP contribution >= 0.6 is 23.1 Å². The number of hydrogen-bond donors (Lipinski definition) is 1. The van der Waals surface area contributed by atoms with Gasteiger partial charge in [0.05, 0.1) is 18.4 Å². The molecule has 4 nitrogen and oxygen atoms in total. The fraction of sp³-hybridized carbons (Fsp3) is 0.0909. The number of thiazole rings is 1. The molecule has 2 aromatic rings. The van der Waals surface area contributed by atoms with Crippen molar-refractivity contribution >= 4 is 34.8 Å². The lowest BCUT2D eigenvalue weighted by molar-refractivity contribution is 0.0601. The average molecular weight is 266 g/mol. The number of ether oxygens (including phenoxy) is 1. The van der Waals surface area contributed by atoms with Crippen LogP contribution < -0.4 is 5.73 Å². The van der Waals surface area contributed by atoms with Gasteiger partial charge < -0.3 is 10.5 Å². The Kier molecular flexibility index (Phi) is 3.65. The molecular weight excluding hydrogens is 256 g/mol. The zero-order valence-electron chi connectivity index (χ0n) is 9.04. The Morgan fingerprint density at radius 2 is 2.35 bits per heavy atom. The predicted octanol–water partition coefficient (Wildman–Crippen LogP) is 2.66. The molecule has 88 valence electrons. The Hall–Kier alpha value is -1.53. The molecule has 1 aromatic carbocycles. The monoisotopic (exact) mass is 266 g/mol. The van der Waals surface area contributed by atoms with E-state index in [2.05, 4.69) is 9.72 Å². The molecule has 0 amide bonds. The molecule has 0 unspecified atom stereocenters. The number of benzene rings is 1. The van der Waals surface area contributed by atoms with E-state index in [0.717, 1.165) is 9.24 Å². The van der Waals surface area contributed by atoms with Gasteiger partial charge in [-0.3, -0.25) is 0 Å². The minimum absolute atomic E-state index is 0.383. The summed E-state index contributed by atoms with van der Waals surface area (Å²) in [5, 5.41) is 1.89. The highest BCUT2D eigenvalue weighted by Crippen LogP contribution is 2.34. The maximum Gasteiger partial charge on any atom is 0.339 e. The van der Waals surface area contributed by atoms with Crippen LogP contribution in [0.4, 0.5) is 5.69 Å². The summed E-state index contributed by atoms with van der Waals surface area (Å²) in [6.07, 6.45) is 1.73. The molecule has 0 saturated heterocycles. The van der Waals surface area contributed by atoms with E-state index < -0.39 is 5.97 Å². The molecule has 17 heavy (non-hydrogen) atoms. The quantitative estimate of drug-likeness (QED) is 0.683. The first-order chi connectivity index (χ1) is 8.22. The summed E-state index contributed by atoms with van der Waals surface area (Å²) >= 11 is 2.96. The number of hydrogen-bond acceptors (Lipinski definition) is 6. The molecule has 0 atom stereocenters. The molecule has 0 fully saturated rings. The van der Waals surface area contributed by atoms with Gasteiger partial charge in [-0.2, -0.15) is 0 Å². The van der Waals surface area contributed by atoms with E-state index in [4.69, 9.17) is 5.73 Å². The van der Waals surface area contributed by atoms with Gasteiger partial charge in [-0.1, -0.05) is 17.8 Å². The molecule has 0 saturated carbocycles. The number of nitrogens with two attached hydrogens (primary N) is 1. The highest BCUT2D eigenvalue weighted by Gasteiger charge is 2.13. The summed E-state index contributed by atoms with van der Waals surface area (Å²) in [6.45, 7) is 0. The summed E-state index contributed by atoms with van der Waals surface area (Å²) in [5.41, 5.74) is 6.75. The summed E-state index contributed by atoms with van der Waals surface area (Å²) in [6, 6.07) is 5.28. The lowest BCUT2D eigenvalue weighted by Gasteiger charge is -2.07. The van der Waals surface area contributed by atoms with Crippen LogP contribution in [0.5, 0.6) is 0 Å². The molecule has 2 N–H and O–H groups in total. The molecule has 0 bridgehead atoms. The second-order valence-electron chi connectivity index (χ2n) is 3.11. The standard InChI is InChI=1S/C11H10N2O2S2/c1-15-10(14)7-3-2-4-8(9(7)12)17-11-13-5-6-16-11/h2-6H,12H2,1H3. The molecule has 0 spiro atoms. The first kappa shape index (κ1) is 11.9. The normalized spacial score (nSPS) is 10.2. The van der Waals surface area contributed by atoms with Crippen molar-refractivity contribution in [1.82, 2.24) is 4.98 Å². The van der Waals surface area contributed by atoms with Gasteiger partial charge in [0, 0.05) is 16.5 Å². The van der Waals surface area contributed by atoms with Crippen molar-refractivity contribution in [2.75, 3.05) is 12.8 Å². The molecular formula is C11H10N2O2S2. The van der Waals surface area contributed by atoms with Crippen LogP contribution in [0.1, 0.15) is 10.4 Å². The SMILES string of the molecule is COC(=O)c1cccc(Sc2nccs2)c1N. The van der Waals surface area contributed by atoms with Gasteiger partial charge in [0.1, 0.15) is 0 Å². The molecule has 0 aliphatic rings. The first-order valence-corrected chi connectivity index (χ1v) is 6.46. The topological polar surface area (TPSA) is 65.2 Å². The molecule has 1 aromatic heterocycles. The van der Waals surface area contributed by atoms with Crippen LogP contribution in [0.3, 0.4) is 0 Å². The van der Waals surface area contributed by atoms with Gasteiger partial charge in [0.15, 0.2) is 4.34 Å². The number of nitrogen functional groups attached to an aromatic ring is 1. The van der Waals surface area contributed by atoms with Crippen LogP contribution in [-0.2, 0) is 4.74 Å². The van der Waals surface area contributed by atoms with E-state index in [1.807, 2.05) is 11.4 Å². The summed E-state index contributed by atoms with van der Waals surface area (Å²) < 4.78 is 5.55. The lowest BCUT2D eigenvalue weighted by Crippen LogP contribution is -2.06. The molecule has 0 aliphatic heterocycles. The van der Waals surface area contributed by atoms with E-state index in [0.29, 0.717) is 11.3 Å². The number of carbonyl (C=O) groups excluding carboxylic acids is 1. The van der Waals surface area contributed by atoms with Crippen LogP contribution in [0.25, 0.3) is 0 Å². The summed E-state index contributed by atoms with van der Waals surface area (Å²) in [7, 11) is 1.34. The van der Waals surface area contributed by atoms with E-state index in [1.54, 1.807) is 18.3 Å². The van der Waals surface area contributed by atoms with Crippen molar-refractivity contribution in [2.24, 2.45) is 0 Å². The highest BCUT2D eigenvalue weighted by molar-refractivity contribution is 8.01. The van der Waals surface area contributed by atoms with E-state index in [9.17, 15) is 4.79 Å². The summed E-state index contributed by atoms with van der Waals surface area (Å²) in [5.74, 6) is -0.427. The van der Waals surface area contributed by atoms with Crippen LogP contribution in [0, 0.1) is 0 Å². The third kappa shape index (κ3) is 2.59. The van der Waals surface area contributed by atoms with Crippen molar-refractivity contribution in [1.29, 1.82) is 0 Å². The molecule has 6 heteroatoms. The number of rotatable bonds is 3. The lowest BCUT2D eigenvalue weighted by atomic mass is 10.2. The molecule has 1 heterocycles. The van der Waals surface area contributed by atoms with Crippen LogP contribution in [0.2, 0.25) is 0 Å². The Morgan fingerprint density at radius 1 is 1.53 bits per heavy atom. The fourth-order valence-electron chi connectivity index (χ4n) is 1.28. The van der Waals surface area contributed by atoms with Crippen molar-refractivity contribution in [2.45, 2.75) is 9.24 Å². The Bertz CT molecular complexity index is 526. The number of nitrogens with zero attached hydrogens (tertiary/aromatic N) is 1. The predicted molar refractivity (Wildman–Crippen MR) is 68.4 cm³/mol. The van der Waals surface area contributed by atoms with Crippen molar-refractivity contribution in [3.8, 4) is 0 Å². The maximum atomic E-state index is 11.5. The minimum Gasteiger partial charge on any atom is -0.465 e. The second-order valence-corrected chi connectivity index (χ2v) is 5.29. The van der Waals surface area contributed by atoms with Gasteiger partial charge in [-0.15, -0.1) is 11.3 Å². The number of carbonyl (C=O) groups is 1. The number of methoxy groups -OCH3 is 1. The molecule has 0 radical (unpaired) electrons. The van der Waals surface area contributed by atoms with Crippen molar-refractivity contribution in [3.63, 3.8) is 0 Å². The number of aromatic nitrogens is 1. The largest absolute Gasteiger partial charge is 0.465 e. The third-order valence-electron chi connectivity index (χ3n) is 2.08. The zero-order valence-corrected chi connectivity index (χ0v) is 10.7. The Morgan fingerprint density at radius 3 is 3.00 bits per heavy atom. The fourth-order valence-corrected chi connectivity index (χ4v) is 2.93. The van der Waals surface area contributed by atoms with Crippen LogP contribution in [-0.4, -0.2) is 18.1 Å².